The number of aromatic nitrogens is 4. The van der Waals surface area contributed by atoms with E-state index in [0.717, 1.165) is 0 Å². The predicted octanol–water partition coefficient (Wildman–Crippen LogP) is 0.801. The van der Waals surface area contributed by atoms with E-state index in [2.05, 4.69) is 9.97 Å². The molecule has 0 aromatic carbocycles. The second-order valence-electron chi connectivity index (χ2n) is 2.98. The molecule has 0 aliphatic carbocycles. The van der Waals surface area contributed by atoms with Crippen molar-refractivity contribution >= 4 is 6.09 Å². The molecule has 6 nitrogen and oxygen atoms in total. The molecule has 0 saturated carbocycles. The Balaban J connectivity index is 1.95. The lowest BCUT2D eigenvalue weighted by Crippen LogP contribution is -2.13. The van der Waals surface area contributed by atoms with Gasteiger partial charge in [-0.3, -0.25) is 0 Å². The van der Waals surface area contributed by atoms with Crippen LogP contribution in [0.2, 0.25) is 0 Å². The van der Waals surface area contributed by atoms with Crippen molar-refractivity contribution in [2.45, 2.75) is 6.61 Å². The van der Waals surface area contributed by atoms with Gasteiger partial charge in [-0.15, -0.1) is 0 Å². The molecule has 2 heterocycles. The molecule has 0 unspecified atom stereocenters. The van der Waals surface area contributed by atoms with Gasteiger partial charge in [0.2, 0.25) is 0 Å². The molecule has 6 heteroatoms. The fourth-order valence-corrected chi connectivity index (χ4v) is 1.10. The van der Waals surface area contributed by atoms with Gasteiger partial charge in [-0.25, -0.2) is 19.3 Å². The Morgan fingerprint density at radius 3 is 2.93 bits per heavy atom. The van der Waals surface area contributed by atoms with E-state index in [9.17, 15) is 4.79 Å². The van der Waals surface area contributed by atoms with Crippen LogP contribution in [0.4, 0.5) is 4.79 Å². The van der Waals surface area contributed by atoms with Gasteiger partial charge in [-0.05, 0) is 0 Å². The zero-order valence-corrected chi connectivity index (χ0v) is 8.20. The van der Waals surface area contributed by atoms with E-state index in [4.69, 9.17) is 4.74 Å². The number of hydrogen-bond donors (Lipinski definition) is 0. The lowest BCUT2D eigenvalue weighted by Gasteiger charge is -2.04. The lowest BCUT2D eigenvalue weighted by molar-refractivity contribution is 0.137. The van der Waals surface area contributed by atoms with Gasteiger partial charge < -0.3 is 9.30 Å². The number of hydrogen-bond acceptors (Lipinski definition) is 4. The molecule has 0 fully saturated rings. The number of imidazole rings is 2. The summed E-state index contributed by atoms with van der Waals surface area (Å²) in [7, 11) is 1.84. The van der Waals surface area contributed by atoms with Gasteiger partial charge in [0.1, 0.15) is 12.2 Å². The number of ether oxygens (including phenoxy) is 1. The van der Waals surface area contributed by atoms with E-state index in [1.807, 2.05) is 7.05 Å². The molecule has 2 aromatic heterocycles. The normalized spacial score (nSPS) is 10.2. The smallest absolute Gasteiger partial charge is 0.419 e. The number of carbonyl (C=O) groups excluding carboxylic acids is 1. The van der Waals surface area contributed by atoms with Crippen LogP contribution >= 0.6 is 0 Å². The van der Waals surface area contributed by atoms with E-state index in [-0.39, 0.29) is 6.61 Å². The van der Waals surface area contributed by atoms with Crippen LogP contribution in [0, 0.1) is 0 Å². The van der Waals surface area contributed by atoms with E-state index < -0.39 is 6.09 Å². The van der Waals surface area contributed by atoms with Crippen LogP contribution in [-0.2, 0) is 18.4 Å². The van der Waals surface area contributed by atoms with Gasteiger partial charge >= 0.3 is 6.09 Å². The molecule has 2 aromatic rings. The Hall–Kier alpha value is -2.11. The maximum absolute atomic E-state index is 11.4. The van der Waals surface area contributed by atoms with Crippen molar-refractivity contribution in [3.63, 3.8) is 0 Å². The van der Waals surface area contributed by atoms with E-state index in [0.29, 0.717) is 5.82 Å². The molecule has 0 bridgehead atoms. The van der Waals surface area contributed by atoms with Crippen LogP contribution in [0.15, 0.2) is 31.1 Å². The topological polar surface area (TPSA) is 61.9 Å². The zero-order chi connectivity index (χ0) is 10.7. The summed E-state index contributed by atoms with van der Waals surface area (Å²) < 4.78 is 8.07. The van der Waals surface area contributed by atoms with Crippen molar-refractivity contribution in [3.05, 3.63) is 36.9 Å². The van der Waals surface area contributed by atoms with Crippen molar-refractivity contribution in [2.75, 3.05) is 0 Å². The average Bonchev–Trinajstić information content (AvgIpc) is 2.85. The van der Waals surface area contributed by atoms with Gasteiger partial charge in [-0.1, -0.05) is 0 Å². The first-order chi connectivity index (χ1) is 7.27. The first-order valence-corrected chi connectivity index (χ1v) is 4.38. The molecule has 0 amide bonds. The molecule has 78 valence electrons. The predicted molar refractivity (Wildman–Crippen MR) is 51.0 cm³/mol. The highest BCUT2D eigenvalue weighted by Gasteiger charge is 2.06. The minimum atomic E-state index is -0.463. The van der Waals surface area contributed by atoms with Crippen molar-refractivity contribution in [3.8, 4) is 0 Å². The Kier molecular flexibility index (Phi) is 2.49. The molecular weight excluding hydrogens is 196 g/mol. The highest BCUT2D eigenvalue weighted by Crippen LogP contribution is 1.98. The van der Waals surface area contributed by atoms with Crippen molar-refractivity contribution in [1.82, 2.24) is 19.1 Å². The molecule has 0 aliphatic rings. The van der Waals surface area contributed by atoms with Gasteiger partial charge in [0, 0.05) is 31.8 Å². The van der Waals surface area contributed by atoms with Gasteiger partial charge in [-0.2, -0.15) is 0 Å². The minimum absolute atomic E-state index is 0.153. The summed E-state index contributed by atoms with van der Waals surface area (Å²) in [6.45, 7) is 0.153. The van der Waals surface area contributed by atoms with E-state index >= 15 is 0 Å². The van der Waals surface area contributed by atoms with Crippen molar-refractivity contribution in [1.29, 1.82) is 0 Å². The van der Waals surface area contributed by atoms with Crippen molar-refractivity contribution in [2.24, 2.45) is 7.05 Å². The highest BCUT2D eigenvalue weighted by molar-refractivity contribution is 5.69. The second-order valence-corrected chi connectivity index (χ2v) is 2.98. The highest BCUT2D eigenvalue weighted by atomic mass is 16.5. The summed E-state index contributed by atoms with van der Waals surface area (Å²) in [4.78, 5) is 19.2. The molecule has 0 N–H and O–H groups in total. The summed E-state index contributed by atoms with van der Waals surface area (Å²) in [6.07, 6.45) is 7.42. The third-order valence-electron chi connectivity index (χ3n) is 1.96. The summed E-state index contributed by atoms with van der Waals surface area (Å²) in [6, 6.07) is 0. The maximum Gasteiger partial charge on any atom is 0.419 e. The molecule has 0 radical (unpaired) electrons. The summed E-state index contributed by atoms with van der Waals surface area (Å²) in [5, 5.41) is 0. The fourth-order valence-electron chi connectivity index (χ4n) is 1.10. The van der Waals surface area contributed by atoms with Crippen LogP contribution < -0.4 is 0 Å². The van der Waals surface area contributed by atoms with Crippen LogP contribution in [-0.4, -0.2) is 25.2 Å². The Morgan fingerprint density at radius 2 is 2.33 bits per heavy atom. The number of carbonyl (C=O) groups is 1. The zero-order valence-electron chi connectivity index (χ0n) is 8.20. The largest absolute Gasteiger partial charge is 0.441 e. The number of nitrogens with zero attached hydrogens (tertiary/aromatic N) is 4. The fraction of sp³-hybridized carbons (Fsp3) is 0.222. The molecule has 15 heavy (non-hydrogen) atoms. The molecule has 0 saturated heterocycles. The summed E-state index contributed by atoms with van der Waals surface area (Å²) >= 11 is 0. The Labute approximate surface area is 86.1 Å². The monoisotopic (exact) mass is 206 g/mol. The number of aryl methyl sites for hydroxylation is 1. The molecule has 0 spiro atoms. The SMILES string of the molecule is Cn1ccnc1COC(=O)n1ccnc1. The van der Waals surface area contributed by atoms with E-state index in [1.165, 1.54) is 23.3 Å². The van der Waals surface area contributed by atoms with Crippen LogP contribution in [0.3, 0.4) is 0 Å². The van der Waals surface area contributed by atoms with E-state index in [1.54, 1.807) is 17.0 Å². The minimum Gasteiger partial charge on any atom is -0.441 e. The molecule has 0 atom stereocenters. The molecular formula is C9H10N4O2. The third-order valence-corrected chi connectivity index (χ3v) is 1.96. The van der Waals surface area contributed by atoms with Crippen molar-refractivity contribution < 1.29 is 9.53 Å². The summed E-state index contributed by atoms with van der Waals surface area (Å²) in [5.74, 6) is 0.698. The summed E-state index contributed by atoms with van der Waals surface area (Å²) in [5.41, 5.74) is 0. The standard InChI is InChI=1S/C9H10N4O2/c1-12-4-3-11-8(12)6-15-9(14)13-5-2-10-7-13/h2-5,7H,6H2,1H3. The van der Waals surface area contributed by atoms with Gasteiger partial charge in [0.05, 0.1) is 0 Å². The van der Waals surface area contributed by atoms with Crippen LogP contribution in [0.5, 0.6) is 0 Å². The van der Waals surface area contributed by atoms with Crippen LogP contribution in [0.1, 0.15) is 5.82 Å². The molecule has 2 rings (SSSR count). The maximum atomic E-state index is 11.4. The number of rotatable bonds is 2. The lowest BCUT2D eigenvalue weighted by atomic mass is 10.6. The quantitative estimate of drug-likeness (QED) is 0.729. The first-order valence-electron chi connectivity index (χ1n) is 4.38. The van der Waals surface area contributed by atoms with Gasteiger partial charge in [0.15, 0.2) is 6.61 Å². The van der Waals surface area contributed by atoms with Crippen LogP contribution in [0.25, 0.3) is 0 Å². The third kappa shape index (κ3) is 2.04. The second kappa shape index (κ2) is 3.95. The average molecular weight is 206 g/mol. The Morgan fingerprint density at radius 1 is 1.47 bits per heavy atom. The molecule has 0 aliphatic heterocycles. The Bertz CT molecular complexity index is 446. The first kappa shape index (κ1) is 9.45. The van der Waals surface area contributed by atoms with Gasteiger partial charge in [0.25, 0.3) is 0 Å².